The first-order chi connectivity index (χ1) is 9.56. The lowest BCUT2D eigenvalue weighted by molar-refractivity contribution is -0.119. The molecule has 1 fully saturated rings. The van der Waals surface area contributed by atoms with Crippen molar-refractivity contribution in [3.05, 3.63) is 27.7 Å². The van der Waals surface area contributed by atoms with E-state index >= 15 is 0 Å². The number of carbonyl (C=O) groups is 1. The van der Waals surface area contributed by atoms with Gasteiger partial charge in [-0.05, 0) is 56.5 Å². The number of carbonyl (C=O) groups excluding carboxylic acids is 1. The Hall–Kier alpha value is -0.520. The minimum Gasteiger partial charge on any atom is -0.351 e. The lowest BCUT2D eigenvalue weighted by Crippen LogP contribution is -2.46. The summed E-state index contributed by atoms with van der Waals surface area (Å²) in [5.74, 6) is 0.613. The van der Waals surface area contributed by atoms with Gasteiger partial charge in [0.2, 0.25) is 5.91 Å². The molecule has 1 aromatic carbocycles. The Morgan fingerprint density at radius 3 is 2.95 bits per heavy atom. The summed E-state index contributed by atoms with van der Waals surface area (Å²) in [5, 5.41) is 6.41. The largest absolute Gasteiger partial charge is 0.351 e. The normalized spacial score (nSPS) is 18.9. The van der Waals surface area contributed by atoms with Gasteiger partial charge < -0.3 is 10.6 Å². The van der Waals surface area contributed by atoms with Gasteiger partial charge in [-0.25, -0.2) is 0 Å². The first kappa shape index (κ1) is 15.9. The molecule has 0 spiro atoms. The van der Waals surface area contributed by atoms with Crippen LogP contribution in [-0.4, -0.2) is 30.8 Å². The summed E-state index contributed by atoms with van der Waals surface area (Å²) in [7, 11) is 0. The van der Waals surface area contributed by atoms with Crippen LogP contribution in [0.1, 0.15) is 24.0 Å². The van der Waals surface area contributed by atoms with Crippen LogP contribution >= 0.6 is 27.7 Å². The molecule has 0 aromatic heterocycles. The molecule has 1 atom stereocenters. The lowest BCUT2D eigenvalue weighted by atomic mass is 10.1. The molecule has 1 saturated heterocycles. The second-order valence-electron chi connectivity index (χ2n) is 5.27. The summed E-state index contributed by atoms with van der Waals surface area (Å²) in [5.41, 5.74) is 2.41. The standard InChI is InChI=1S/C15H21BrN2OS/c1-10-7-14(11(2)6-13(10)16)20-9-15(19)18-12-4-3-5-17-8-12/h6-7,12,17H,3-5,8-9H2,1-2H3,(H,18,19). The van der Waals surface area contributed by atoms with Crippen LogP contribution in [0, 0.1) is 13.8 Å². The molecular formula is C15H21BrN2OS. The molecule has 1 aliphatic rings. The average molecular weight is 357 g/mol. The van der Waals surface area contributed by atoms with Gasteiger partial charge in [0.1, 0.15) is 0 Å². The molecule has 20 heavy (non-hydrogen) atoms. The molecule has 0 saturated carbocycles. The van der Waals surface area contributed by atoms with Crippen LogP contribution in [0.5, 0.6) is 0 Å². The van der Waals surface area contributed by atoms with Crippen LogP contribution in [0.25, 0.3) is 0 Å². The summed E-state index contributed by atoms with van der Waals surface area (Å²) in [4.78, 5) is 13.2. The van der Waals surface area contributed by atoms with E-state index in [-0.39, 0.29) is 5.91 Å². The second kappa shape index (κ2) is 7.48. The molecule has 1 aliphatic heterocycles. The Morgan fingerprint density at radius 1 is 1.45 bits per heavy atom. The highest BCUT2D eigenvalue weighted by atomic mass is 79.9. The zero-order chi connectivity index (χ0) is 14.5. The third-order valence-corrected chi connectivity index (χ3v) is 5.49. The van der Waals surface area contributed by atoms with E-state index in [1.807, 2.05) is 0 Å². The van der Waals surface area contributed by atoms with Crippen molar-refractivity contribution in [1.29, 1.82) is 0 Å². The van der Waals surface area contributed by atoms with Gasteiger partial charge in [-0.2, -0.15) is 0 Å². The maximum absolute atomic E-state index is 12.0. The summed E-state index contributed by atoms with van der Waals surface area (Å²) in [6.07, 6.45) is 2.23. The summed E-state index contributed by atoms with van der Waals surface area (Å²) >= 11 is 5.14. The number of halogens is 1. The van der Waals surface area contributed by atoms with Gasteiger partial charge >= 0.3 is 0 Å². The van der Waals surface area contributed by atoms with Gasteiger partial charge in [-0.15, -0.1) is 11.8 Å². The third-order valence-electron chi connectivity index (χ3n) is 3.48. The smallest absolute Gasteiger partial charge is 0.230 e. The van der Waals surface area contributed by atoms with Crippen LogP contribution < -0.4 is 10.6 Å². The molecule has 1 heterocycles. The van der Waals surface area contributed by atoms with Crippen molar-refractivity contribution in [3.8, 4) is 0 Å². The fourth-order valence-electron chi connectivity index (χ4n) is 2.30. The molecule has 1 aromatic rings. The van der Waals surface area contributed by atoms with E-state index in [4.69, 9.17) is 0 Å². The molecular weight excluding hydrogens is 336 g/mol. The number of hydrogen-bond acceptors (Lipinski definition) is 3. The van der Waals surface area contributed by atoms with E-state index in [1.165, 1.54) is 16.0 Å². The number of amides is 1. The fourth-order valence-corrected chi connectivity index (χ4v) is 3.67. The maximum atomic E-state index is 12.0. The van der Waals surface area contributed by atoms with Crippen molar-refractivity contribution >= 4 is 33.6 Å². The maximum Gasteiger partial charge on any atom is 0.230 e. The fraction of sp³-hybridized carbons (Fsp3) is 0.533. The van der Waals surface area contributed by atoms with E-state index in [9.17, 15) is 4.79 Å². The summed E-state index contributed by atoms with van der Waals surface area (Å²) in [6, 6.07) is 4.55. The van der Waals surface area contributed by atoms with E-state index in [0.717, 1.165) is 30.4 Å². The molecule has 110 valence electrons. The highest BCUT2D eigenvalue weighted by Crippen LogP contribution is 2.28. The number of nitrogens with one attached hydrogen (secondary N) is 2. The molecule has 0 bridgehead atoms. The Morgan fingerprint density at radius 2 is 2.25 bits per heavy atom. The third kappa shape index (κ3) is 4.50. The Balaban J connectivity index is 1.85. The molecule has 1 unspecified atom stereocenters. The van der Waals surface area contributed by atoms with E-state index in [1.54, 1.807) is 11.8 Å². The topological polar surface area (TPSA) is 41.1 Å². The molecule has 0 aliphatic carbocycles. The van der Waals surface area contributed by atoms with E-state index < -0.39 is 0 Å². The molecule has 0 radical (unpaired) electrons. The van der Waals surface area contributed by atoms with Crippen molar-refractivity contribution < 1.29 is 4.79 Å². The highest BCUT2D eigenvalue weighted by Gasteiger charge is 2.15. The van der Waals surface area contributed by atoms with Crippen molar-refractivity contribution in [2.45, 2.75) is 37.6 Å². The van der Waals surface area contributed by atoms with Crippen LogP contribution in [-0.2, 0) is 4.79 Å². The molecule has 1 amide bonds. The van der Waals surface area contributed by atoms with Crippen LogP contribution in [0.3, 0.4) is 0 Å². The van der Waals surface area contributed by atoms with E-state index in [0.29, 0.717) is 11.8 Å². The van der Waals surface area contributed by atoms with Crippen LogP contribution in [0.4, 0.5) is 0 Å². The number of hydrogen-bond donors (Lipinski definition) is 2. The minimum atomic E-state index is 0.128. The van der Waals surface area contributed by atoms with E-state index in [2.05, 4.69) is 52.5 Å². The van der Waals surface area contributed by atoms with Crippen LogP contribution in [0.15, 0.2) is 21.5 Å². The van der Waals surface area contributed by atoms with Crippen molar-refractivity contribution in [3.63, 3.8) is 0 Å². The average Bonchev–Trinajstić information content (AvgIpc) is 2.42. The van der Waals surface area contributed by atoms with Gasteiger partial charge in [0, 0.05) is 22.0 Å². The van der Waals surface area contributed by atoms with Gasteiger partial charge in [-0.3, -0.25) is 4.79 Å². The lowest BCUT2D eigenvalue weighted by Gasteiger charge is -2.23. The first-order valence-electron chi connectivity index (χ1n) is 6.96. The summed E-state index contributed by atoms with van der Waals surface area (Å²) in [6.45, 7) is 6.11. The number of benzene rings is 1. The van der Waals surface area contributed by atoms with Gasteiger partial charge in [0.05, 0.1) is 5.75 Å². The number of thioether (sulfide) groups is 1. The van der Waals surface area contributed by atoms with Crippen molar-refractivity contribution in [1.82, 2.24) is 10.6 Å². The molecule has 2 rings (SSSR count). The number of aryl methyl sites for hydroxylation is 2. The number of rotatable bonds is 4. The predicted octanol–water partition coefficient (Wildman–Crippen LogP) is 3.03. The van der Waals surface area contributed by atoms with Crippen LogP contribution in [0.2, 0.25) is 0 Å². The zero-order valence-electron chi connectivity index (χ0n) is 12.0. The second-order valence-corrected chi connectivity index (χ2v) is 7.14. The Labute approximate surface area is 133 Å². The molecule has 5 heteroatoms. The monoisotopic (exact) mass is 356 g/mol. The van der Waals surface area contributed by atoms with Gasteiger partial charge in [0.25, 0.3) is 0 Å². The van der Waals surface area contributed by atoms with Gasteiger partial charge in [0.15, 0.2) is 0 Å². The van der Waals surface area contributed by atoms with Gasteiger partial charge in [-0.1, -0.05) is 15.9 Å². The zero-order valence-corrected chi connectivity index (χ0v) is 14.4. The Kier molecular flexibility index (Phi) is 5.93. The highest BCUT2D eigenvalue weighted by molar-refractivity contribution is 9.10. The minimum absolute atomic E-state index is 0.128. The Bertz CT molecular complexity index is 487. The summed E-state index contributed by atoms with van der Waals surface area (Å²) < 4.78 is 1.12. The molecule has 3 nitrogen and oxygen atoms in total. The number of piperidine rings is 1. The van der Waals surface area contributed by atoms with Crippen molar-refractivity contribution in [2.75, 3.05) is 18.8 Å². The quantitative estimate of drug-likeness (QED) is 0.814. The first-order valence-corrected chi connectivity index (χ1v) is 8.74. The molecule has 2 N–H and O–H groups in total. The van der Waals surface area contributed by atoms with Crippen molar-refractivity contribution in [2.24, 2.45) is 0 Å². The predicted molar refractivity (Wildman–Crippen MR) is 88.4 cm³/mol. The SMILES string of the molecule is Cc1cc(SCC(=O)NC2CCCNC2)c(C)cc1Br.